The van der Waals surface area contributed by atoms with Gasteiger partial charge >= 0.3 is 0 Å². The van der Waals surface area contributed by atoms with E-state index in [1.54, 1.807) is 13.3 Å². The van der Waals surface area contributed by atoms with Crippen molar-refractivity contribution in [3.05, 3.63) is 76.6 Å². The molecule has 0 atom stereocenters. The first kappa shape index (κ1) is 18.2. The highest BCUT2D eigenvalue weighted by Crippen LogP contribution is 2.22. The molecule has 2 aromatic carbocycles. The third-order valence-electron chi connectivity index (χ3n) is 3.95. The van der Waals surface area contributed by atoms with Crippen molar-refractivity contribution < 1.29 is 9.21 Å². The number of aromatic nitrogens is 1. The minimum Gasteiger partial charge on any atom is -0.444 e. The molecule has 26 heavy (non-hydrogen) atoms. The molecule has 0 fully saturated rings. The summed E-state index contributed by atoms with van der Waals surface area (Å²) in [5, 5.41) is 3.27. The molecule has 3 aromatic rings. The largest absolute Gasteiger partial charge is 0.444 e. The van der Waals surface area contributed by atoms with Gasteiger partial charge in [0, 0.05) is 36.3 Å². The van der Waals surface area contributed by atoms with E-state index in [0.29, 0.717) is 23.0 Å². The van der Waals surface area contributed by atoms with Gasteiger partial charge in [0.15, 0.2) is 0 Å². The number of amides is 1. The van der Waals surface area contributed by atoms with Crippen molar-refractivity contribution in [1.82, 2.24) is 15.2 Å². The lowest BCUT2D eigenvalue weighted by Crippen LogP contribution is -2.19. The van der Waals surface area contributed by atoms with Gasteiger partial charge in [-0.1, -0.05) is 29.8 Å². The monoisotopic (exact) mass is 369 g/mol. The van der Waals surface area contributed by atoms with E-state index >= 15 is 0 Å². The molecular weight excluding hydrogens is 350 g/mol. The Morgan fingerprint density at radius 2 is 1.96 bits per heavy atom. The van der Waals surface area contributed by atoms with E-state index in [1.807, 2.05) is 55.6 Å². The lowest BCUT2D eigenvalue weighted by atomic mass is 10.1. The summed E-state index contributed by atoms with van der Waals surface area (Å²) in [6.45, 7) is 1.40. The summed E-state index contributed by atoms with van der Waals surface area (Å²) in [5.41, 5.74) is 3.49. The summed E-state index contributed by atoms with van der Waals surface area (Å²) in [5.74, 6) is 0.479. The molecule has 1 aromatic heterocycles. The molecule has 0 spiro atoms. The third kappa shape index (κ3) is 4.50. The predicted molar refractivity (Wildman–Crippen MR) is 102 cm³/mol. The number of halogens is 1. The first-order valence-corrected chi connectivity index (χ1v) is 8.63. The van der Waals surface area contributed by atoms with E-state index in [1.165, 1.54) is 0 Å². The Morgan fingerprint density at radius 1 is 1.19 bits per heavy atom. The van der Waals surface area contributed by atoms with Crippen LogP contribution in [0, 0.1) is 0 Å². The van der Waals surface area contributed by atoms with Gasteiger partial charge in [-0.15, -0.1) is 0 Å². The molecule has 5 nitrogen and oxygen atoms in total. The van der Waals surface area contributed by atoms with Gasteiger partial charge in [-0.3, -0.25) is 9.69 Å². The molecule has 3 rings (SSSR count). The molecule has 6 heteroatoms. The van der Waals surface area contributed by atoms with E-state index < -0.39 is 0 Å². The minimum atomic E-state index is -0.0824. The Bertz CT molecular complexity index is 890. The van der Waals surface area contributed by atoms with Gasteiger partial charge < -0.3 is 9.73 Å². The predicted octanol–water partition coefficient (Wildman–Crippen LogP) is 3.99. The molecule has 1 N–H and O–H groups in total. The van der Waals surface area contributed by atoms with Crippen LogP contribution in [0.1, 0.15) is 21.6 Å². The number of hydrogen-bond acceptors (Lipinski definition) is 4. The fourth-order valence-electron chi connectivity index (χ4n) is 2.68. The Kier molecular flexibility index (Phi) is 5.71. The molecular formula is C20H20ClN3O2. The van der Waals surface area contributed by atoms with Gasteiger partial charge in [0.05, 0.1) is 5.69 Å². The van der Waals surface area contributed by atoms with E-state index in [2.05, 4.69) is 15.2 Å². The standard InChI is InChI=1S/C20H20ClN3O2/c1-22-19(25)15-8-6-14(7-9-15)11-24(2)12-18-13-26-20(23-18)16-4-3-5-17(21)10-16/h3-10,13H,11-12H2,1-2H3,(H,22,25). The summed E-state index contributed by atoms with van der Waals surface area (Å²) in [6.07, 6.45) is 1.67. The van der Waals surface area contributed by atoms with E-state index in [9.17, 15) is 4.79 Å². The average molecular weight is 370 g/mol. The molecule has 1 amide bonds. The first-order chi connectivity index (χ1) is 12.5. The highest BCUT2D eigenvalue weighted by atomic mass is 35.5. The molecule has 0 saturated carbocycles. The van der Waals surface area contributed by atoms with E-state index in [-0.39, 0.29) is 5.91 Å². The van der Waals surface area contributed by atoms with E-state index in [4.69, 9.17) is 16.0 Å². The maximum atomic E-state index is 11.6. The quantitative estimate of drug-likeness (QED) is 0.713. The zero-order valence-electron chi connectivity index (χ0n) is 14.7. The number of nitrogens with zero attached hydrogens (tertiary/aromatic N) is 2. The number of rotatable bonds is 6. The molecule has 0 saturated heterocycles. The average Bonchev–Trinajstić information content (AvgIpc) is 3.10. The Hall–Kier alpha value is -2.63. The number of hydrogen-bond donors (Lipinski definition) is 1. The normalized spacial score (nSPS) is 10.9. The van der Waals surface area contributed by atoms with Crippen LogP contribution >= 0.6 is 11.6 Å². The summed E-state index contributed by atoms with van der Waals surface area (Å²) < 4.78 is 5.57. The Labute approximate surface area is 157 Å². The minimum absolute atomic E-state index is 0.0824. The molecule has 0 unspecified atom stereocenters. The highest BCUT2D eigenvalue weighted by Gasteiger charge is 2.10. The van der Waals surface area contributed by atoms with Crippen molar-refractivity contribution >= 4 is 17.5 Å². The van der Waals surface area contributed by atoms with Gasteiger partial charge in [-0.2, -0.15) is 0 Å². The Morgan fingerprint density at radius 3 is 2.65 bits per heavy atom. The summed E-state index contributed by atoms with van der Waals surface area (Å²) in [7, 11) is 3.64. The van der Waals surface area contributed by atoms with Crippen molar-refractivity contribution in [2.75, 3.05) is 14.1 Å². The first-order valence-electron chi connectivity index (χ1n) is 8.25. The zero-order valence-corrected chi connectivity index (χ0v) is 15.5. The molecule has 134 valence electrons. The van der Waals surface area contributed by atoms with Crippen LogP contribution in [-0.2, 0) is 13.1 Å². The van der Waals surface area contributed by atoms with Crippen LogP contribution in [0.4, 0.5) is 0 Å². The topological polar surface area (TPSA) is 58.4 Å². The SMILES string of the molecule is CNC(=O)c1ccc(CN(C)Cc2coc(-c3cccc(Cl)c3)n2)cc1. The molecule has 0 bridgehead atoms. The highest BCUT2D eigenvalue weighted by molar-refractivity contribution is 6.30. The molecule has 1 heterocycles. The van der Waals surface area contributed by atoms with Crippen LogP contribution in [0.5, 0.6) is 0 Å². The lowest BCUT2D eigenvalue weighted by Gasteiger charge is -2.15. The van der Waals surface area contributed by atoms with Gasteiger partial charge in [0.1, 0.15) is 6.26 Å². The van der Waals surface area contributed by atoms with Crippen LogP contribution in [0.15, 0.2) is 59.2 Å². The number of carbonyl (C=O) groups is 1. The second-order valence-electron chi connectivity index (χ2n) is 6.10. The number of nitrogens with one attached hydrogen (secondary N) is 1. The van der Waals surface area contributed by atoms with Crippen LogP contribution in [0.2, 0.25) is 5.02 Å². The lowest BCUT2D eigenvalue weighted by molar-refractivity contribution is 0.0963. The van der Waals surface area contributed by atoms with Crippen molar-refractivity contribution in [3.8, 4) is 11.5 Å². The van der Waals surface area contributed by atoms with Gasteiger partial charge in [0.25, 0.3) is 5.91 Å². The van der Waals surface area contributed by atoms with Gasteiger partial charge in [-0.05, 0) is 42.9 Å². The third-order valence-corrected chi connectivity index (χ3v) is 4.19. The van der Waals surface area contributed by atoms with Gasteiger partial charge in [0.2, 0.25) is 5.89 Å². The van der Waals surface area contributed by atoms with Crippen molar-refractivity contribution in [2.24, 2.45) is 0 Å². The second kappa shape index (κ2) is 8.17. The van der Waals surface area contributed by atoms with Crippen molar-refractivity contribution in [3.63, 3.8) is 0 Å². The van der Waals surface area contributed by atoms with Crippen LogP contribution in [-0.4, -0.2) is 29.9 Å². The van der Waals surface area contributed by atoms with Crippen molar-refractivity contribution in [1.29, 1.82) is 0 Å². The maximum absolute atomic E-state index is 11.6. The summed E-state index contributed by atoms with van der Waals surface area (Å²) in [6, 6.07) is 15.0. The number of oxazole rings is 1. The number of carbonyl (C=O) groups excluding carboxylic acids is 1. The summed E-state index contributed by atoms with van der Waals surface area (Å²) in [4.78, 5) is 18.2. The zero-order chi connectivity index (χ0) is 18.5. The van der Waals surface area contributed by atoms with Gasteiger partial charge in [-0.25, -0.2) is 4.98 Å². The van der Waals surface area contributed by atoms with Crippen LogP contribution in [0.25, 0.3) is 11.5 Å². The number of benzene rings is 2. The van der Waals surface area contributed by atoms with Crippen molar-refractivity contribution in [2.45, 2.75) is 13.1 Å². The fraction of sp³-hybridized carbons (Fsp3) is 0.200. The molecule has 0 aliphatic carbocycles. The molecule has 0 aliphatic heterocycles. The molecule has 0 radical (unpaired) electrons. The van der Waals surface area contributed by atoms with Crippen LogP contribution in [0.3, 0.4) is 0 Å². The second-order valence-corrected chi connectivity index (χ2v) is 6.54. The Balaban J connectivity index is 1.62. The fourth-order valence-corrected chi connectivity index (χ4v) is 2.87. The van der Waals surface area contributed by atoms with E-state index in [0.717, 1.165) is 23.4 Å². The smallest absolute Gasteiger partial charge is 0.251 e. The van der Waals surface area contributed by atoms with Crippen LogP contribution < -0.4 is 5.32 Å². The maximum Gasteiger partial charge on any atom is 0.251 e. The summed E-state index contributed by atoms with van der Waals surface area (Å²) >= 11 is 6.01. The molecule has 0 aliphatic rings.